The standard InChI is InChI=1S/C18H25N5O3S/c1-3-23-16(12-22-8-10-26-11-9-22)20-21-18(23)27-13-17(24)19-14-4-6-15(25-2)7-5-14/h4-7H,3,8-13H2,1-2H3,(H,19,24)/p+1. The molecule has 1 aliphatic heterocycles. The minimum atomic E-state index is -0.0730. The molecular formula is C18H26N5O3S+. The number of benzene rings is 1. The van der Waals surface area contributed by atoms with Crippen LogP contribution >= 0.6 is 11.8 Å². The molecule has 27 heavy (non-hydrogen) atoms. The van der Waals surface area contributed by atoms with Gasteiger partial charge in [0, 0.05) is 12.2 Å². The average Bonchev–Trinajstić information content (AvgIpc) is 3.09. The lowest BCUT2D eigenvalue weighted by molar-refractivity contribution is -0.922. The number of morpholine rings is 1. The molecule has 2 aromatic rings. The number of methoxy groups -OCH3 is 1. The number of nitrogens with zero attached hydrogens (tertiary/aromatic N) is 3. The van der Waals surface area contributed by atoms with Gasteiger partial charge in [-0.15, -0.1) is 10.2 Å². The van der Waals surface area contributed by atoms with Crippen molar-refractivity contribution in [1.82, 2.24) is 14.8 Å². The summed E-state index contributed by atoms with van der Waals surface area (Å²) in [6.07, 6.45) is 0. The lowest BCUT2D eigenvalue weighted by Gasteiger charge is -2.23. The van der Waals surface area contributed by atoms with Crippen LogP contribution < -0.4 is 15.0 Å². The summed E-state index contributed by atoms with van der Waals surface area (Å²) in [5.74, 6) is 1.94. The predicted octanol–water partition coefficient (Wildman–Crippen LogP) is 0.453. The van der Waals surface area contributed by atoms with Gasteiger partial charge in [0.1, 0.15) is 25.4 Å². The number of anilines is 1. The lowest BCUT2D eigenvalue weighted by Crippen LogP contribution is -3.12. The highest BCUT2D eigenvalue weighted by molar-refractivity contribution is 7.99. The smallest absolute Gasteiger partial charge is 0.234 e. The second-order valence-corrected chi connectivity index (χ2v) is 7.19. The summed E-state index contributed by atoms with van der Waals surface area (Å²) >= 11 is 1.41. The van der Waals surface area contributed by atoms with Crippen LogP contribution in [0.15, 0.2) is 29.4 Å². The van der Waals surface area contributed by atoms with Crippen LogP contribution in [0.2, 0.25) is 0 Å². The van der Waals surface area contributed by atoms with E-state index in [0.717, 1.165) is 61.8 Å². The van der Waals surface area contributed by atoms with E-state index in [4.69, 9.17) is 9.47 Å². The molecule has 3 rings (SSSR count). The van der Waals surface area contributed by atoms with Gasteiger partial charge in [-0.3, -0.25) is 4.79 Å². The lowest BCUT2D eigenvalue weighted by atomic mass is 10.3. The summed E-state index contributed by atoms with van der Waals surface area (Å²) in [6, 6.07) is 7.27. The summed E-state index contributed by atoms with van der Waals surface area (Å²) in [4.78, 5) is 13.7. The maximum absolute atomic E-state index is 12.2. The first kappa shape index (κ1) is 19.7. The molecule has 0 unspecified atom stereocenters. The number of quaternary nitrogens is 1. The molecular weight excluding hydrogens is 366 g/mol. The summed E-state index contributed by atoms with van der Waals surface area (Å²) in [6.45, 7) is 7.26. The summed E-state index contributed by atoms with van der Waals surface area (Å²) in [7, 11) is 1.61. The highest BCUT2D eigenvalue weighted by Gasteiger charge is 2.20. The molecule has 1 aromatic heterocycles. The fourth-order valence-electron chi connectivity index (χ4n) is 2.94. The number of ether oxygens (including phenoxy) is 2. The molecule has 9 heteroatoms. The molecule has 0 atom stereocenters. The van der Waals surface area contributed by atoms with E-state index in [1.807, 2.05) is 24.3 Å². The van der Waals surface area contributed by atoms with Crippen LogP contribution in [-0.4, -0.2) is 59.8 Å². The molecule has 2 heterocycles. The minimum absolute atomic E-state index is 0.0730. The van der Waals surface area contributed by atoms with Gasteiger partial charge in [0.05, 0.1) is 26.1 Å². The third kappa shape index (κ3) is 5.44. The second kappa shape index (κ2) is 9.72. The number of nitrogens with one attached hydrogen (secondary N) is 2. The van der Waals surface area contributed by atoms with Crippen LogP contribution in [0.4, 0.5) is 5.69 Å². The normalized spacial score (nSPS) is 14.9. The third-order valence-electron chi connectivity index (χ3n) is 4.42. The molecule has 1 saturated heterocycles. The molecule has 1 amide bonds. The van der Waals surface area contributed by atoms with Gasteiger partial charge < -0.3 is 24.3 Å². The Bertz CT molecular complexity index is 744. The fourth-order valence-corrected chi connectivity index (χ4v) is 3.76. The summed E-state index contributed by atoms with van der Waals surface area (Å²) < 4.78 is 12.6. The van der Waals surface area contributed by atoms with Crippen LogP contribution in [-0.2, 0) is 22.6 Å². The SMILES string of the molecule is CCn1c(C[NH+]2CCOCC2)nnc1SCC(=O)Nc1ccc(OC)cc1. The zero-order valence-electron chi connectivity index (χ0n) is 15.7. The van der Waals surface area contributed by atoms with Gasteiger partial charge in [-0.1, -0.05) is 11.8 Å². The number of carbonyl (C=O) groups is 1. The number of thioether (sulfide) groups is 1. The molecule has 1 fully saturated rings. The van der Waals surface area contributed by atoms with Crippen LogP contribution in [0.3, 0.4) is 0 Å². The Balaban J connectivity index is 1.54. The Labute approximate surface area is 163 Å². The van der Waals surface area contributed by atoms with Gasteiger partial charge >= 0.3 is 0 Å². The first-order chi connectivity index (χ1) is 13.2. The van der Waals surface area contributed by atoms with E-state index in [1.54, 1.807) is 7.11 Å². The van der Waals surface area contributed by atoms with E-state index in [0.29, 0.717) is 0 Å². The third-order valence-corrected chi connectivity index (χ3v) is 5.39. The topological polar surface area (TPSA) is 82.7 Å². The Morgan fingerprint density at radius 1 is 1.30 bits per heavy atom. The van der Waals surface area contributed by atoms with Crippen LogP contribution in [0.25, 0.3) is 0 Å². The summed E-state index contributed by atoms with van der Waals surface area (Å²) in [5, 5.41) is 12.3. The van der Waals surface area contributed by atoms with Crippen LogP contribution in [0.1, 0.15) is 12.7 Å². The van der Waals surface area contributed by atoms with Crippen molar-refractivity contribution >= 4 is 23.4 Å². The van der Waals surface area contributed by atoms with Crippen molar-refractivity contribution in [3.8, 4) is 5.75 Å². The maximum Gasteiger partial charge on any atom is 0.234 e. The zero-order valence-corrected chi connectivity index (χ0v) is 16.6. The molecule has 1 aliphatic rings. The van der Waals surface area contributed by atoms with Gasteiger partial charge in [0.15, 0.2) is 11.0 Å². The van der Waals surface area contributed by atoms with Gasteiger partial charge in [0.25, 0.3) is 0 Å². The highest BCUT2D eigenvalue weighted by Crippen LogP contribution is 2.19. The zero-order chi connectivity index (χ0) is 19.1. The van der Waals surface area contributed by atoms with E-state index in [1.165, 1.54) is 16.7 Å². The number of hydrogen-bond donors (Lipinski definition) is 2. The Morgan fingerprint density at radius 2 is 2.04 bits per heavy atom. The molecule has 8 nitrogen and oxygen atoms in total. The predicted molar refractivity (Wildman–Crippen MR) is 103 cm³/mol. The van der Waals surface area contributed by atoms with Crippen molar-refractivity contribution in [1.29, 1.82) is 0 Å². The molecule has 0 bridgehead atoms. The van der Waals surface area contributed by atoms with Gasteiger partial charge in [-0.2, -0.15) is 0 Å². The summed E-state index contributed by atoms with van der Waals surface area (Å²) in [5.41, 5.74) is 0.745. The number of aromatic nitrogens is 3. The number of amides is 1. The molecule has 1 aromatic carbocycles. The molecule has 146 valence electrons. The quantitative estimate of drug-likeness (QED) is 0.635. The molecule has 0 aliphatic carbocycles. The first-order valence-electron chi connectivity index (χ1n) is 9.09. The molecule has 0 radical (unpaired) electrons. The van der Waals surface area contributed by atoms with Crippen molar-refractivity contribution in [2.24, 2.45) is 0 Å². The van der Waals surface area contributed by atoms with E-state index in [9.17, 15) is 4.79 Å². The van der Waals surface area contributed by atoms with E-state index in [-0.39, 0.29) is 11.7 Å². The molecule has 2 N–H and O–H groups in total. The van der Waals surface area contributed by atoms with E-state index in [2.05, 4.69) is 27.0 Å². The van der Waals surface area contributed by atoms with Gasteiger partial charge in [-0.25, -0.2) is 0 Å². The second-order valence-electron chi connectivity index (χ2n) is 6.25. The Morgan fingerprint density at radius 3 is 2.70 bits per heavy atom. The average molecular weight is 393 g/mol. The van der Waals surface area contributed by atoms with Crippen LogP contribution in [0, 0.1) is 0 Å². The van der Waals surface area contributed by atoms with Crippen molar-refractivity contribution < 1.29 is 19.2 Å². The van der Waals surface area contributed by atoms with Gasteiger partial charge in [-0.05, 0) is 31.2 Å². The van der Waals surface area contributed by atoms with E-state index >= 15 is 0 Å². The number of rotatable bonds is 8. The molecule has 0 spiro atoms. The minimum Gasteiger partial charge on any atom is -0.497 e. The van der Waals surface area contributed by atoms with Crippen molar-refractivity contribution in [2.75, 3.05) is 44.5 Å². The van der Waals surface area contributed by atoms with Crippen LogP contribution in [0.5, 0.6) is 5.75 Å². The monoisotopic (exact) mass is 392 g/mol. The Hall–Kier alpha value is -2.10. The van der Waals surface area contributed by atoms with Crippen molar-refractivity contribution in [3.63, 3.8) is 0 Å². The van der Waals surface area contributed by atoms with Crippen molar-refractivity contribution in [2.45, 2.75) is 25.2 Å². The highest BCUT2D eigenvalue weighted by atomic mass is 32.2. The molecule has 0 saturated carbocycles. The fraction of sp³-hybridized carbons (Fsp3) is 0.500. The van der Waals surface area contributed by atoms with E-state index < -0.39 is 0 Å². The Kier molecular flexibility index (Phi) is 7.08. The number of hydrogen-bond acceptors (Lipinski definition) is 6. The maximum atomic E-state index is 12.2. The first-order valence-corrected chi connectivity index (χ1v) is 10.1. The number of carbonyl (C=O) groups excluding carboxylic acids is 1. The largest absolute Gasteiger partial charge is 0.497 e. The van der Waals surface area contributed by atoms with Crippen molar-refractivity contribution in [3.05, 3.63) is 30.1 Å². The van der Waals surface area contributed by atoms with Gasteiger partial charge in [0.2, 0.25) is 5.91 Å².